The van der Waals surface area contributed by atoms with Crippen molar-refractivity contribution in [2.45, 2.75) is 79.1 Å². The van der Waals surface area contributed by atoms with Gasteiger partial charge in [-0.3, -0.25) is 9.98 Å². The van der Waals surface area contributed by atoms with Gasteiger partial charge in [0.15, 0.2) is 0 Å². The van der Waals surface area contributed by atoms with Crippen LogP contribution in [0.15, 0.2) is 58.5 Å². The summed E-state index contributed by atoms with van der Waals surface area (Å²) in [7, 11) is 0. The van der Waals surface area contributed by atoms with E-state index in [0.29, 0.717) is 11.1 Å². The van der Waals surface area contributed by atoms with Crippen molar-refractivity contribution in [1.82, 2.24) is 0 Å². The zero-order valence-electron chi connectivity index (χ0n) is 23.0. The number of nitrogens with zero attached hydrogens (tertiary/aromatic N) is 2. The number of aryl methyl sites for hydroxylation is 2. The summed E-state index contributed by atoms with van der Waals surface area (Å²) in [6.45, 7) is 16.8. The van der Waals surface area contributed by atoms with Crippen LogP contribution in [0.2, 0.25) is 0 Å². The SMILES string of the molecule is CCc1cc(C=Nc2cccc(N=Cc3cc(CC)cc(C(C)(C)C)c3O)c2)c(O)c(C(C)(C)C)c1. The zero-order valence-corrected chi connectivity index (χ0v) is 23.0. The van der Waals surface area contributed by atoms with E-state index in [1.807, 2.05) is 36.4 Å². The number of benzene rings is 3. The summed E-state index contributed by atoms with van der Waals surface area (Å²) in [4.78, 5) is 9.27. The minimum atomic E-state index is -0.167. The highest BCUT2D eigenvalue weighted by molar-refractivity contribution is 5.88. The van der Waals surface area contributed by atoms with Crippen LogP contribution in [0.4, 0.5) is 11.4 Å². The van der Waals surface area contributed by atoms with E-state index in [4.69, 9.17) is 0 Å². The molecule has 0 saturated heterocycles. The molecule has 2 N–H and O–H groups in total. The van der Waals surface area contributed by atoms with E-state index in [-0.39, 0.29) is 22.3 Å². The van der Waals surface area contributed by atoms with Crippen LogP contribution >= 0.6 is 0 Å². The van der Waals surface area contributed by atoms with Gasteiger partial charge < -0.3 is 10.2 Å². The molecule has 0 spiro atoms. The Kier molecular flexibility index (Phi) is 8.08. The number of hydrogen-bond donors (Lipinski definition) is 2. The van der Waals surface area contributed by atoms with Crippen LogP contribution in [-0.2, 0) is 23.7 Å². The third-order valence-electron chi connectivity index (χ3n) is 6.37. The van der Waals surface area contributed by atoms with E-state index in [9.17, 15) is 10.2 Å². The van der Waals surface area contributed by atoms with Gasteiger partial charge in [0.2, 0.25) is 0 Å². The quantitative estimate of drug-likeness (QED) is 0.345. The Hall–Kier alpha value is -3.40. The lowest BCUT2D eigenvalue weighted by atomic mass is 9.84. The average molecular weight is 485 g/mol. The molecule has 190 valence electrons. The molecule has 0 aliphatic carbocycles. The topological polar surface area (TPSA) is 65.2 Å². The van der Waals surface area contributed by atoms with Crippen LogP contribution in [0, 0.1) is 0 Å². The summed E-state index contributed by atoms with van der Waals surface area (Å²) in [5.74, 6) is 0.553. The van der Waals surface area contributed by atoms with Crippen molar-refractivity contribution < 1.29 is 10.2 Å². The molecular formula is C32H40N2O2. The summed E-state index contributed by atoms with van der Waals surface area (Å²) in [5, 5.41) is 21.8. The molecule has 0 aliphatic heterocycles. The Labute approximate surface area is 216 Å². The van der Waals surface area contributed by atoms with Gasteiger partial charge in [-0.15, -0.1) is 0 Å². The molecule has 3 rings (SSSR count). The molecule has 0 radical (unpaired) electrons. The minimum Gasteiger partial charge on any atom is -0.507 e. The van der Waals surface area contributed by atoms with Crippen LogP contribution in [0.1, 0.15) is 88.8 Å². The van der Waals surface area contributed by atoms with Gasteiger partial charge in [-0.25, -0.2) is 0 Å². The van der Waals surface area contributed by atoms with Crippen molar-refractivity contribution in [1.29, 1.82) is 0 Å². The first-order chi connectivity index (χ1) is 16.8. The highest BCUT2D eigenvalue weighted by Crippen LogP contribution is 2.35. The lowest BCUT2D eigenvalue weighted by molar-refractivity contribution is 0.445. The van der Waals surface area contributed by atoms with E-state index in [0.717, 1.165) is 35.3 Å². The number of aliphatic imine (C=N–C) groups is 2. The number of phenolic OH excluding ortho intramolecular Hbond substituents is 2. The van der Waals surface area contributed by atoms with E-state index in [1.165, 1.54) is 11.1 Å². The van der Waals surface area contributed by atoms with Gasteiger partial charge in [-0.1, -0.05) is 73.6 Å². The van der Waals surface area contributed by atoms with Gasteiger partial charge in [0.25, 0.3) is 0 Å². The molecule has 0 saturated carbocycles. The van der Waals surface area contributed by atoms with Crippen LogP contribution in [0.25, 0.3) is 0 Å². The Morgan fingerprint density at radius 3 is 1.36 bits per heavy atom. The summed E-state index contributed by atoms with van der Waals surface area (Å²) >= 11 is 0. The van der Waals surface area contributed by atoms with Crippen molar-refractivity contribution in [2.24, 2.45) is 9.98 Å². The molecule has 0 atom stereocenters. The van der Waals surface area contributed by atoms with Crippen LogP contribution in [-0.4, -0.2) is 22.6 Å². The monoisotopic (exact) mass is 484 g/mol. The fraction of sp³-hybridized carbons (Fsp3) is 0.375. The minimum absolute atomic E-state index is 0.167. The summed E-state index contributed by atoms with van der Waals surface area (Å²) in [5.41, 5.74) is 6.75. The predicted octanol–water partition coefficient (Wildman–Crippen LogP) is 8.32. The second-order valence-electron chi connectivity index (χ2n) is 11.4. The first-order valence-corrected chi connectivity index (χ1v) is 12.7. The average Bonchev–Trinajstić information content (AvgIpc) is 2.81. The first-order valence-electron chi connectivity index (χ1n) is 12.7. The fourth-order valence-electron chi connectivity index (χ4n) is 4.13. The highest BCUT2D eigenvalue weighted by atomic mass is 16.3. The van der Waals surface area contributed by atoms with Crippen molar-refractivity contribution >= 4 is 23.8 Å². The zero-order chi connectivity index (χ0) is 26.7. The molecule has 0 aliphatic rings. The maximum Gasteiger partial charge on any atom is 0.128 e. The van der Waals surface area contributed by atoms with Crippen LogP contribution < -0.4 is 0 Å². The van der Waals surface area contributed by atoms with Gasteiger partial charge in [0, 0.05) is 34.7 Å². The number of phenols is 2. The molecule has 4 nitrogen and oxygen atoms in total. The summed E-state index contributed by atoms with van der Waals surface area (Å²) < 4.78 is 0. The third-order valence-corrected chi connectivity index (χ3v) is 6.37. The maximum absolute atomic E-state index is 10.9. The van der Waals surface area contributed by atoms with E-state index < -0.39 is 0 Å². The maximum atomic E-state index is 10.9. The molecular weight excluding hydrogens is 444 g/mol. The van der Waals surface area contributed by atoms with Crippen molar-refractivity contribution in [3.8, 4) is 11.5 Å². The Morgan fingerprint density at radius 2 is 1.03 bits per heavy atom. The highest BCUT2D eigenvalue weighted by Gasteiger charge is 2.21. The molecule has 0 amide bonds. The predicted molar refractivity (Wildman–Crippen MR) is 153 cm³/mol. The molecule has 3 aromatic rings. The largest absolute Gasteiger partial charge is 0.507 e. The Morgan fingerprint density at radius 1 is 0.639 bits per heavy atom. The second kappa shape index (κ2) is 10.7. The van der Waals surface area contributed by atoms with Crippen molar-refractivity contribution in [2.75, 3.05) is 0 Å². The summed E-state index contributed by atoms with van der Waals surface area (Å²) in [6.07, 6.45) is 5.21. The van der Waals surface area contributed by atoms with Gasteiger partial charge in [0.05, 0.1) is 11.4 Å². The van der Waals surface area contributed by atoms with Gasteiger partial charge in [-0.2, -0.15) is 0 Å². The Balaban J connectivity index is 1.93. The van der Waals surface area contributed by atoms with Crippen LogP contribution in [0.5, 0.6) is 11.5 Å². The molecule has 3 aromatic carbocycles. The molecule has 0 unspecified atom stereocenters. The summed E-state index contributed by atoms with van der Waals surface area (Å²) in [6, 6.07) is 15.8. The molecule has 0 fully saturated rings. The molecule has 0 heterocycles. The standard InChI is InChI=1S/C32H40N2O2/c1-9-21-14-23(29(35)27(16-21)31(3,4)5)19-33-25-12-11-13-26(18-25)34-20-24-15-22(10-2)17-28(30(24)36)32(6,7)8/h11-20,35-36H,9-10H2,1-8H3. The molecule has 0 bridgehead atoms. The lowest BCUT2D eigenvalue weighted by Crippen LogP contribution is -2.12. The number of aromatic hydroxyl groups is 2. The van der Waals surface area contributed by atoms with Crippen LogP contribution in [0.3, 0.4) is 0 Å². The number of rotatable bonds is 6. The molecule has 4 heteroatoms. The smallest absolute Gasteiger partial charge is 0.128 e. The Bertz CT molecular complexity index is 1190. The normalized spacial score (nSPS) is 12.7. The lowest BCUT2D eigenvalue weighted by Gasteiger charge is -2.22. The van der Waals surface area contributed by atoms with Crippen molar-refractivity contribution in [3.63, 3.8) is 0 Å². The van der Waals surface area contributed by atoms with Gasteiger partial charge in [0.1, 0.15) is 11.5 Å². The molecule has 0 aromatic heterocycles. The van der Waals surface area contributed by atoms with Gasteiger partial charge >= 0.3 is 0 Å². The van der Waals surface area contributed by atoms with E-state index in [1.54, 1.807) is 12.4 Å². The molecule has 36 heavy (non-hydrogen) atoms. The van der Waals surface area contributed by atoms with E-state index >= 15 is 0 Å². The third kappa shape index (κ3) is 6.42. The van der Waals surface area contributed by atoms with Crippen molar-refractivity contribution in [3.05, 3.63) is 81.9 Å². The van der Waals surface area contributed by atoms with Gasteiger partial charge in [-0.05, 0) is 65.1 Å². The second-order valence-corrected chi connectivity index (χ2v) is 11.4. The fourth-order valence-corrected chi connectivity index (χ4v) is 4.13. The first kappa shape index (κ1) is 27.2. The number of hydrogen-bond acceptors (Lipinski definition) is 4. The van der Waals surface area contributed by atoms with E-state index in [2.05, 4.69) is 77.5 Å².